The topological polar surface area (TPSA) is 99.7 Å². The third-order valence-corrected chi connectivity index (χ3v) is 8.56. The average molecular weight is 559 g/mol. The molecule has 2 aliphatic rings. The summed E-state index contributed by atoms with van der Waals surface area (Å²) >= 11 is 0. The van der Waals surface area contributed by atoms with Crippen LogP contribution in [0.25, 0.3) is 0 Å². The van der Waals surface area contributed by atoms with Gasteiger partial charge in [-0.2, -0.15) is 0 Å². The Balaban J connectivity index is 1.65. The molecule has 1 atom stereocenters. The highest BCUT2D eigenvalue weighted by Crippen LogP contribution is 2.38. The van der Waals surface area contributed by atoms with E-state index in [1.54, 1.807) is 50.2 Å². The van der Waals surface area contributed by atoms with Gasteiger partial charge in [0.05, 0.1) is 19.3 Å². The van der Waals surface area contributed by atoms with Gasteiger partial charge in [0.1, 0.15) is 18.4 Å². The molecule has 1 aromatic rings. The molecule has 0 unspecified atom stereocenters. The summed E-state index contributed by atoms with van der Waals surface area (Å²) in [7, 11) is 6.76. The van der Waals surface area contributed by atoms with E-state index in [9.17, 15) is 19.2 Å². The number of likely N-dealkylation sites (tertiary alicyclic amines) is 1. The molecular formula is C30H46N4O6. The van der Waals surface area contributed by atoms with E-state index < -0.39 is 6.04 Å². The van der Waals surface area contributed by atoms with Crippen molar-refractivity contribution in [3.8, 4) is 5.75 Å². The molecule has 2 aliphatic heterocycles. The molecule has 0 aromatic heterocycles. The van der Waals surface area contributed by atoms with Gasteiger partial charge in [0.2, 0.25) is 17.7 Å². The van der Waals surface area contributed by atoms with Crippen molar-refractivity contribution in [2.24, 2.45) is 5.41 Å². The Hall–Kier alpha value is -3.14. The van der Waals surface area contributed by atoms with Crippen LogP contribution in [0.5, 0.6) is 5.75 Å². The lowest BCUT2D eigenvalue weighted by atomic mass is 9.75. The third-order valence-electron chi connectivity index (χ3n) is 8.56. The second-order valence-corrected chi connectivity index (χ2v) is 11.3. The molecule has 1 spiro atoms. The summed E-state index contributed by atoms with van der Waals surface area (Å²) in [5.41, 5.74) is 0.444. The number of rotatable bonds is 6. The summed E-state index contributed by atoms with van der Waals surface area (Å²) in [5.74, 6) is 0.197. The van der Waals surface area contributed by atoms with Gasteiger partial charge in [0, 0.05) is 54.2 Å². The minimum atomic E-state index is -0.597. The van der Waals surface area contributed by atoms with Crippen molar-refractivity contribution >= 4 is 23.6 Å². The number of para-hydroxylation sites is 1. The maximum atomic E-state index is 13.3. The number of amides is 4. The molecule has 2 saturated heterocycles. The number of benzene rings is 1. The smallest absolute Gasteiger partial charge is 0.257 e. The van der Waals surface area contributed by atoms with Gasteiger partial charge in [-0.25, -0.2) is 0 Å². The Bertz CT molecular complexity index is 1040. The van der Waals surface area contributed by atoms with Crippen molar-refractivity contribution in [3.63, 3.8) is 0 Å². The highest BCUT2D eigenvalue weighted by Gasteiger charge is 2.37. The Morgan fingerprint density at radius 3 is 2.45 bits per heavy atom. The molecule has 0 N–H and O–H groups in total. The molecule has 10 heteroatoms. The summed E-state index contributed by atoms with van der Waals surface area (Å²) in [6, 6.07) is 6.69. The van der Waals surface area contributed by atoms with Crippen molar-refractivity contribution in [2.75, 3.05) is 67.6 Å². The summed E-state index contributed by atoms with van der Waals surface area (Å²) in [5, 5.41) is 0. The predicted molar refractivity (Wildman–Crippen MR) is 152 cm³/mol. The first-order valence-electron chi connectivity index (χ1n) is 14.3. The summed E-state index contributed by atoms with van der Waals surface area (Å²) < 4.78 is 11.4. The predicted octanol–water partition coefficient (Wildman–Crippen LogP) is 2.66. The van der Waals surface area contributed by atoms with Crippen LogP contribution in [-0.4, -0.2) is 117 Å². The fraction of sp³-hybridized carbons (Fsp3) is 0.667. The van der Waals surface area contributed by atoms with Gasteiger partial charge in [-0.05, 0) is 56.1 Å². The van der Waals surface area contributed by atoms with Gasteiger partial charge in [-0.3, -0.25) is 19.2 Å². The van der Waals surface area contributed by atoms with Gasteiger partial charge in [-0.15, -0.1) is 0 Å². The van der Waals surface area contributed by atoms with E-state index in [1.165, 1.54) is 11.8 Å². The zero-order valence-corrected chi connectivity index (χ0v) is 24.8. The molecule has 10 nitrogen and oxygen atoms in total. The molecule has 4 amide bonds. The first kappa shape index (κ1) is 31.4. The Morgan fingerprint density at radius 2 is 1.77 bits per heavy atom. The number of likely N-dealkylation sites (N-methyl/N-ethyl adjacent to an activating group) is 2. The molecule has 2 heterocycles. The molecule has 0 aliphatic carbocycles. The second kappa shape index (κ2) is 14.5. The largest absolute Gasteiger partial charge is 0.496 e. The van der Waals surface area contributed by atoms with Crippen LogP contribution in [0.1, 0.15) is 62.2 Å². The Kier molecular flexibility index (Phi) is 11.4. The second-order valence-electron chi connectivity index (χ2n) is 11.3. The van der Waals surface area contributed by atoms with Crippen molar-refractivity contribution < 1.29 is 28.7 Å². The van der Waals surface area contributed by atoms with Gasteiger partial charge in [0.25, 0.3) is 5.91 Å². The molecule has 3 rings (SSSR count). The number of ether oxygens (including phenoxy) is 2. The molecule has 0 saturated carbocycles. The van der Waals surface area contributed by atoms with Gasteiger partial charge in [-0.1, -0.05) is 18.6 Å². The van der Waals surface area contributed by atoms with E-state index >= 15 is 0 Å². The highest BCUT2D eigenvalue weighted by atomic mass is 16.5. The standard InChI is InChI=1S/C30H46N4O6/c1-23(35)31(2)18-10-12-25-29(38)32(3)17-9-8-14-30(22-40-21-27(36)33(25)4)15-19-34(20-16-30)28(37)24-11-6-7-13-26(24)39-5/h6-7,11,13,25H,8-10,12,14-22H2,1-5H3/t25-/m0/s1. The van der Waals surface area contributed by atoms with Crippen LogP contribution < -0.4 is 4.74 Å². The average Bonchev–Trinajstić information content (AvgIpc) is 2.96. The Labute approximate surface area is 238 Å². The summed E-state index contributed by atoms with van der Waals surface area (Å²) in [4.78, 5) is 58.0. The number of piperidine rings is 1. The molecule has 40 heavy (non-hydrogen) atoms. The van der Waals surface area contributed by atoms with Gasteiger partial charge >= 0.3 is 0 Å². The van der Waals surface area contributed by atoms with Crippen LogP contribution in [0.3, 0.4) is 0 Å². The monoisotopic (exact) mass is 558 g/mol. The first-order chi connectivity index (χ1) is 19.1. The number of hydrogen-bond acceptors (Lipinski definition) is 6. The van der Waals surface area contributed by atoms with E-state index in [4.69, 9.17) is 9.47 Å². The van der Waals surface area contributed by atoms with E-state index in [1.807, 2.05) is 17.0 Å². The quantitative estimate of drug-likeness (QED) is 0.532. The zero-order valence-electron chi connectivity index (χ0n) is 24.8. The van der Waals surface area contributed by atoms with Crippen molar-refractivity contribution in [2.45, 2.75) is 57.9 Å². The molecular weight excluding hydrogens is 512 g/mol. The minimum absolute atomic E-state index is 0.0277. The molecule has 2 fully saturated rings. The molecule has 0 bridgehead atoms. The molecule has 1 aromatic carbocycles. The number of hydrogen-bond donors (Lipinski definition) is 0. The maximum Gasteiger partial charge on any atom is 0.257 e. The lowest BCUT2D eigenvalue weighted by Crippen LogP contribution is -2.49. The first-order valence-corrected chi connectivity index (χ1v) is 14.3. The van der Waals surface area contributed by atoms with Crippen molar-refractivity contribution in [1.82, 2.24) is 19.6 Å². The van der Waals surface area contributed by atoms with Crippen molar-refractivity contribution in [1.29, 1.82) is 0 Å². The molecule has 0 radical (unpaired) electrons. The van der Waals surface area contributed by atoms with Crippen LogP contribution in [0.15, 0.2) is 24.3 Å². The minimum Gasteiger partial charge on any atom is -0.496 e. The number of carbonyl (C=O) groups excluding carboxylic acids is 4. The van der Waals surface area contributed by atoms with Gasteiger partial charge < -0.3 is 29.1 Å². The van der Waals surface area contributed by atoms with Gasteiger partial charge in [0.15, 0.2) is 0 Å². The lowest BCUT2D eigenvalue weighted by Gasteiger charge is -2.42. The van der Waals surface area contributed by atoms with Crippen LogP contribution in [0.4, 0.5) is 0 Å². The van der Waals surface area contributed by atoms with E-state index in [0.29, 0.717) is 56.9 Å². The number of nitrogens with zero attached hydrogens (tertiary/aromatic N) is 4. The van der Waals surface area contributed by atoms with Crippen LogP contribution in [0.2, 0.25) is 0 Å². The number of methoxy groups -OCH3 is 1. The fourth-order valence-electron chi connectivity index (χ4n) is 5.65. The normalized spacial score (nSPS) is 20.9. The number of carbonyl (C=O) groups is 4. The summed E-state index contributed by atoms with van der Waals surface area (Å²) in [6.45, 7) is 4.23. The highest BCUT2D eigenvalue weighted by molar-refractivity contribution is 5.97. The fourth-order valence-corrected chi connectivity index (χ4v) is 5.65. The summed E-state index contributed by atoms with van der Waals surface area (Å²) in [6.07, 6.45) is 5.37. The van der Waals surface area contributed by atoms with E-state index in [0.717, 1.165) is 32.1 Å². The van der Waals surface area contributed by atoms with Crippen LogP contribution in [-0.2, 0) is 19.1 Å². The lowest BCUT2D eigenvalue weighted by molar-refractivity contribution is -0.147. The Morgan fingerprint density at radius 1 is 1.07 bits per heavy atom. The van der Waals surface area contributed by atoms with Crippen LogP contribution in [0, 0.1) is 5.41 Å². The maximum absolute atomic E-state index is 13.3. The third kappa shape index (κ3) is 7.96. The van der Waals surface area contributed by atoms with Crippen molar-refractivity contribution in [3.05, 3.63) is 29.8 Å². The zero-order chi connectivity index (χ0) is 29.3. The van der Waals surface area contributed by atoms with Crippen LogP contribution >= 0.6 is 0 Å². The van der Waals surface area contributed by atoms with E-state index in [-0.39, 0.29) is 35.7 Å². The SMILES string of the molecule is COc1ccccc1C(=O)N1CCC2(CCCCN(C)C(=O)[C@H](CCCN(C)C(C)=O)N(C)C(=O)COC2)CC1. The molecule has 222 valence electrons. The van der Waals surface area contributed by atoms with E-state index in [2.05, 4.69) is 0 Å².